The van der Waals surface area contributed by atoms with Crippen LogP contribution >= 0.6 is 0 Å². The largest absolute Gasteiger partial charge is 0.494 e. The molecule has 3 aromatic carbocycles. The van der Waals surface area contributed by atoms with Gasteiger partial charge < -0.3 is 24.7 Å². The first-order valence-electron chi connectivity index (χ1n) is 12.3. The SMILES string of the molecule is CCCCCOc1cccc(C2C(C#N)=C(N)Oc3cc(OC(=O)COc4cccc(C)c4)ccc32)c1. The molecule has 1 unspecified atom stereocenters. The summed E-state index contributed by atoms with van der Waals surface area (Å²) in [5.74, 6) is 1.05. The van der Waals surface area contributed by atoms with Crippen LogP contribution in [0.3, 0.4) is 0 Å². The van der Waals surface area contributed by atoms with Crippen LogP contribution in [0.4, 0.5) is 0 Å². The van der Waals surface area contributed by atoms with Gasteiger partial charge in [0.05, 0.1) is 12.5 Å². The Morgan fingerprint density at radius 3 is 2.54 bits per heavy atom. The summed E-state index contributed by atoms with van der Waals surface area (Å²) >= 11 is 0. The van der Waals surface area contributed by atoms with E-state index >= 15 is 0 Å². The van der Waals surface area contributed by atoms with Crippen molar-refractivity contribution < 1.29 is 23.7 Å². The smallest absolute Gasteiger partial charge is 0.349 e. The van der Waals surface area contributed by atoms with E-state index in [0.29, 0.717) is 23.7 Å². The molecule has 0 aromatic heterocycles. The number of aryl methyl sites for hydroxylation is 1. The van der Waals surface area contributed by atoms with Gasteiger partial charge in [0, 0.05) is 11.6 Å². The summed E-state index contributed by atoms with van der Waals surface area (Å²) in [6, 6.07) is 22.3. The van der Waals surface area contributed by atoms with Gasteiger partial charge in [0.15, 0.2) is 6.61 Å². The van der Waals surface area contributed by atoms with Gasteiger partial charge in [0.1, 0.15) is 34.6 Å². The minimum absolute atomic E-state index is 0.0144. The van der Waals surface area contributed by atoms with Gasteiger partial charge in [0.2, 0.25) is 5.88 Å². The minimum atomic E-state index is -0.553. The van der Waals surface area contributed by atoms with Crippen molar-refractivity contribution in [3.8, 4) is 29.1 Å². The molecule has 7 nitrogen and oxygen atoms in total. The molecule has 3 aromatic rings. The predicted octanol–water partition coefficient (Wildman–Crippen LogP) is 5.77. The maximum Gasteiger partial charge on any atom is 0.349 e. The number of fused-ring (bicyclic) bond motifs is 1. The number of hydrogen-bond acceptors (Lipinski definition) is 7. The highest BCUT2D eigenvalue weighted by Crippen LogP contribution is 2.44. The van der Waals surface area contributed by atoms with Crippen LogP contribution in [0.2, 0.25) is 0 Å². The zero-order chi connectivity index (χ0) is 26.2. The second-order valence-electron chi connectivity index (χ2n) is 8.83. The molecule has 0 saturated heterocycles. The predicted molar refractivity (Wildman–Crippen MR) is 140 cm³/mol. The number of ether oxygens (including phenoxy) is 4. The van der Waals surface area contributed by atoms with Gasteiger partial charge in [-0.3, -0.25) is 0 Å². The van der Waals surface area contributed by atoms with Gasteiger partial charge in [-0.2, -0.15) is 5.26 Å². The Morgan fingerprint density at radius 1 is 1.00 bits per heavy atom. The highest BCUT2D eigenvalue weighted by atomic mass is 16.6. The molecule has 4 rings (SSSR count). The summed E-state index contributed by atoms with van der Waals surface area (Å²) in [7, 11) is 0. The molecule has 0 spiro atoms. The third kappa shape index (κ3) is 6.42. The summed E-state index contributed by atoms with van der Waals surface area (Å²) in [6.45, 7) is 4.48. The third-order valence-electron chi connectivity index (χ3n) is 5.98. The molecule has 37 heavy (non-hydrogen) atoms. The van der Waals surface area contributed by atoms with E-state index in [9.17, 15) is 10.1 Å². The Hall–Kier alpha value is -4.44. The fourth-order valence-electron chi connectivity index (χ4n) is 4.18. The van der Waals surface area contributed by atoms with E-state index in [-0.39, 0.29) is 18.2 Å². The van der Waals surface area contributed by atoms with Crippen molar-refractivity contribution in [2.45, 2.75) is 39.0 Å². The molecule has 2 N–H and O–H groups in total. The maximum absolute atomic E-state index is 12.4. The fourth-order valence-corrected chi connectivity index (χ4v) is 4.18. The first-order chi connectivity index (χ1) is 18.0. The lowest BCUT2D eigenvalue weighted by atomic mass is 9.83. The van der Waals surface area contributed by atoms with Crippen LogP contribution in [0, 0.1) is 18.3 Å². The van der Waals surface area contributed by atoms with Crippen molar-refractivity contribution in [2.24, 2.45) is 5.73 Å². The van der Waals surface area contributed by atoms with Crippen molar-refractivity contribution in [1.29, 1.82) is 5.26 Å². The van der Waals surface area contributed by atoms with Crippen LogP contribution < -0.4 is 24.7 Å². The summed E-state index contributed by atoms with van der Waals surface area (Å²) < 4.78 is 22.7. The number of carbonyl (C=O) groups excluding carboxylic acids is 1. The summed E-state index contributed by atoms with van der Waals surface area (Å²) in [5, 5.41) is 9.85. The summed E-state index contributed by atoms with van der Waals surface area (Å²) in [6.07, 6.45) is 3.21. The van der Waals surface area contributed by atoms with E-state index in [1.807, 2.05) is 49.4 Å². The zero-order valence-electron chi connectivity index (χ0n) is 21.0. The number of nitriles is 1. The number of benzene rings is 3. The normalized spacial score (nSPS) is 14.2. The number of esters is 1. The molecule has 7 heteroatoms. The Labute approximate surface area is 217 Å². The van der Waals surface area contributed by atoms with Crippen LogP contribution in [0.15, 0.2) is 78.2 Å². The Morgan fingerprint density at radius 2 is 1.78 bits per heavy atom. The lowest BCUT2D eigenvalue weighted by Gasteiger charge is -2.27. The second-order valence-corrected chi connectivity index (χ2v) is 8.83. The molecule has 0 fully saturated rings. The van der Waals surface area contributed by atoms with Gasteiger partial charge in [-0.1, -0.05) is 50.1 Å². The molecule has 1 aliphatic rings. The molecule has 1 atom stereocenters. The average Bonchev–Trinajstić information content (AvgIpc) is 2.89. The zero-order valence-corrected chi connectivity index (χ0v) is 21.0. The maximum atomic E-state index is 12.4. The van der Waals surface area contributed by atoms with Crippen molar-refractivity contribution in [2.75, 3.05) is 13.2 Å². The molecular formula is C30H30N2O5. The van der Waals surface area contributed by atoms with Crippen LogP contribution in [-0.4, -0.2) is 19.2 Å². The lowest BCUT2D eigenvalue weighted by molar-refractivity contribution is -0.136. The highest BCUT2D eigenvalue weighted by Gasteiger charge is 2.31. The topological polar surface area (TPSA) is 104 Å². The molecule has 0 bridgehead atoms. The van der Waals surface area contributed by atoms with Crippen LogP contribution in [0.5, 0.6) is 23.0 Å². The van der Waals surface area contributed by atoms with E-state index in [1.54, 1.807) is 24.3 Å². The fraction of sp³-hybridized carbons (Fsp3) is 0.267. The van der Waals surface area contributed by atoms with Crippen molar-refractivity contribution in [3.05, 3.63) is 94.9 Å². The van der Waals surface area contributed by atoms with Crippen LogP contribution in [0.1, 0.15) is 48.8 Å². The number of allylic oxidation sites excluding steroid dienone is 1. The molecule has 0 amide bonds. The van der Waals surface area contributed by atoms with Crippen molar-refractivity contribution in [3.63, 3.8) is 0 Å². The average molecular weight is 499 g/mol. The monoisotopic (exact) mass is 498 g/mol. The number of hydrogen-bond donors (Lipinski definition) is 1. The van der Waals surface area contributed by atoms with E-state index in [0.717, 1.165) is 41.7 Å². The Bertz CT molecular complexity index is 1340. The third-order valence-corrected chi connectivity index (χ3v) is 5.98. The number of nitrogens with zero attached hydrogens (tertiary/aromatic N) is 1. The number of unbranched alkanes of at least 4 members (excludes halogenated alkanes) is 2. The summed E-state index contributed by atoms with van der Waals surface area (Å²) in [5.41, 5.74) is 9.07. The molecule has 0 radical (unpaired) electrons. The minimum Gasteiger partial charge on any atom is -0.494 e. The number of carbonyl (C=O) groups is 1. The van der Waals surface area contributed by atoms with E-state index < -0.39 is 11.9 Å². The second kappa shape index (κ2) is 12.0. The highest BCUT2D eigenvalue weighted by molar-refractivity contribution is 5.74. The van der Waals surface area contributed by atoms with E-state index in [1.165, 1.54) is 0 Å². The van der Waals surface area contributed by atoms with Gasteiger partial charge >= 0.3 is 5.97 Å². The molecular weight excluding hydrogens is 468 g/mol. The van der Waals surface area contributed by atoms with Gasteiger partial charge in [0.25, 0.3) is 0 Å². The van der Waals surface area contributed by atoms with Gasteiger partial charge in [-0.15, -0.1) is 0 Å². The molecule has 0 saturated carbocycles. The number of rotatable bonds is 10. The van der Waals surface area contributed by atoms with E-state index in [2.05, 4.69) is 13.0 Å². The lowest BCUT2D eigenvalue weighted by Crippen LogP contribution is -2.21. The van der Waals surface area contributed by atoms with Crippen LogP contribution in [-0.2, 0) is 4.79 Å². The standard InChI is InChI=1S/C30H30N2O5/c1-3-4-5-14-34-23-11-7-9-21(16-23)29-25-13-12-24(17-27(25)37-30(32)26(29)18-31)36-28(33)19-35-22-10-6-8-20(2)15-22/h6-13,15-17,29H,3-5,14,19,32H2,1-2H3. The first-order valence-corrected chi connectivity index (χ1v) is 12.3. The van der Waals surface area contributed by atoms with Crippen LogP contribution in [0.25, 0.3) is 0 Å². The van der Waals surface area contributed by atoms with Crippen molar-refractivity contribution >= 4 is 5.97 Å². The van der Waals surface area contributed by atoms with Gasteiger partial charge in [-0.25, -0.2) is 4.79 Å². The van der Waals surface area contributed by atoms with Crippen molar-refractivity contribution in [1.82, 2.24) is 0 Å². The number of nitrogens with two attached hydrogens (primary N) is 1. The summed E-state index contributed by atoms with van der Waals surface area (Å²) in [4.78, 5) is 12.4. The molecule has 1 heterocycles. The Kier molecular flexibility index (Phi) is 8.32. The van der Waals surface area contributed by atoms with E-state index in [4.69, 9.17) is 24.7 Å². The first kappa shape index (κ1) is 25.6. The molecule has 0 aliphatic carbocycles. The Balaban J connectivity index is 1.52. The molecule has 1 aliphatic heterocycles. The molecule has 190 valence electrons. The quantitative estimate of drug-likeness (QED) is 0.215. The van der Waals surface area contributed by atoms with Gasteiger partial charge in [-0.05, 0) is 54.8 Å².